The van der Waals surface area contributed by atoms with Crippen molar-refractivity contribution >= 4 is 0 Å². The van der Waals surface area contributed by atoms with E-state index < -0.39 is 5.82 Å². The van der Waals surface area contributed by atoms with E-state index >= 15 is 0 Å². The predicted octanol–water partition coefficient (Wildman–Crippen LogP) is 1.59. The van der Waals surface area contributed by atoms with Crippen molar-refractivity contribution in [1.29, 1.82) is 0 Å². The number of nitrogens with zero attached hydrogens (tertiary/aromatic N) is 2. The molecule has 0 aliphatic heterocycles. The van der Waals surface area contributed by atoms with E-state index in [-0.39, 0.29) is 19.0 Å². The first-order chi connectivity index (χ1) is 8.20. The summed E-state index contributed by atoms with van der Waals surface area (Å²) in [6.07, 6.45) is 0. The molecule has 1 N–H and O–H groups in total. The highest BCUT2D eigenvalue weighted by Gasteiger charge is 2.11. The second kappa shape index (κ2) is 4.92. The Morgan fingerprint density at radius 3 is 2.94 bits per heavy atom. The van der Waals surface area contributed by atoms with Crippen LogP contribution < -0.4 is 4.74 Å². The minimum atomic E-state index is -0.531. The van der Waals surface area contributed by atoms with Gasteiger partial charge in [-0.05, 0) is 6.07 Å². The highest BCUT2D eigenvalue weighted by molar-refractivity contribution is 5.34. The summed E-state index contributed by atoms with van der Waals surface area (Å²) in [6.45, 7) is 1.35. The summed E-state index contributed by atoms with van der Waals surface area (Å²) in [5.74, 6) is 0.225. The maximum Gasteiger partial charge on any atom is 0.223 e. The number of aliphatic hydroxyl groups excluding tert-OH is 1. The van der Waals surface area contributed by atoms with Gasteiger partial charge in [0, 0.05) is 12.5 Å². The SMILES string of the molecule is Cc1nc(COc2c(F)cccc2CO)no1. The number of rotatable bonds is 4. The zero-order valence-electron chi connectivity index (χ0n) is 9.18. The minimum absolute atomic E-state index is 0.00866. The van der Waals surface area contributed by atoms with Crippen molar-refractivity contribution in [1.82, 2.24) is 10.1 Å². The maximum atomic E-state index is 13.4. The molecule has 0 fully saturated rings. The summed E-state index contributed by atoms with van der Waals surface area (Å²) in [7, 11) is 0. The number of hydrogen-bond acceptors (Lipinski definition) is 5. The molecule has 0 saturated heterocycles. The van der Waals surface area contributed by atoms with Crippen LogP contribution in [0.15, 0.2) is 22.7 Å². The Labute approximate surface area is 96.8 Å². The molecule has 0 spiro atoms. The Bertz CT molecular complexity index is 513. The fourth-order valence-corrected chi connectivity index (χ4v) is 1.38. The molecule has 2 aromatic rings. The Morgan fingerprint density at radius 2 is 2.29 bits per heavy atom. The molecule has 1 aromatic heterocycles. The normalized spacial score (nSPS) is 10.5. The smallest absolute Gasteiger partial charge is 0.223 e. The molecule has 1 heterocycles. The van der Waals surface area contributed by atoms with Crippen molar-refractivity contribution in [3.05, 3.63) is 41.3 Å². The van der Waals surface area contributed by atoms with Gasteiger partial charge in [-0.25, -0.2) is 4.39 Å². The summed E-state index contributed by atoms with van der Waals surface area (Å²) in [4.78, 5) is 3.92. The van der Waals surface area contributed by atoms with Gasteiger partial charge in [0.1, 0.15) is 0 Å². The van der Waals surface area contributed by atoms with E-state index in [9.17, 15) is 4.39 Å². The van der Waals surface area contributed by atoms with Gasteiger partial charge in [-0.15, -0.1) is 0 Å². The maximum absolute atomic E-state index is 13.4. The molecule has 5 nitrogen and oxygen atoms in total. The van der Waals surface area contributed by atoms with Crippen molar-refractivity contribution in [2.75, 3.05) is 0 Å². The summed E-state index contributed by atoms with van der Waals surface area (Å²) in [5, 5.41) is 12.7. The molecule has 0 amide bonds. The number of ether oxygens (including phenoxy) is 1. The lowest BCUT2D eigenvalue weighted by molar-refractivity contribution is 0.244. The predicted molar refractivity (Wildman–Crippen MR) is 55.7 cm³/mol. The molecule has 0 bridgehead atoms. The molecule has 0 unspecified atom stereocenters. The van der Waals surface area contributed by atoms with Crippen molar-refractivity contribution in [2.24, 2.45) is 0 Å². The van der Waals surface area contributed by atoms with Crippen LogP contribution in [-0.4, -0.2) is 15.2 Å². The van der Waals surface area contributed by atoms with Crippen LogP contribution in [0.5, 0.6) is 5.75 Å². The summed E-state index contributed by atoms with van der Waals surface area (Å²) < 4.78 is 23.4. The van der Waals surface area contributed by atoms with E-state index in [1.54, 1.807) is 13.0 Å². The molecule has 0 atom stereocenters. The van der Waals surface area contributed by atoms with Crippen LogP contribution in [0.1, 0.15) is 17.3 Å². The van der Waals surface area contributed by atoms with Crippen LogP contribution in [0.2, 0.25) is 0 Å². The molecule has 17 heavy (non-hydrogen) atoms. The molecule has 6 heteroatoms. The van der Waals surface area contributed by atoms with E-state index in [0.717, 1.165) is 0 Å². The topological polar surface area (TPSA) is 68.4 Å². The first-order valence-corrected chi connectivity index (χ1v) is 5.01. The zero-order valence-corrected chi connectivity index (χ0v) is 9.18. The average molecular weight is 238 g/mol. The van der Waals surface area contributed by atoms with E-state index in [2.05, 4.69) is 10.1 Å². The van der Waals surface area contributed by atoms with Gasteiger partial charge < -0.3 is 14.4 Å². The minimum Gasteiger partial charge on any atom is -0.482 e. The second-order valence-electron chi connectivity index (χ2n) is 3.40. The fourth-order valence-electron chi connectivity index (χ4n) is 1.38. The zero-order chi connectivity index (χ0) is 12.3. The third kappa shape index (κ3) is 2.59. The third-order valence-electron chi connectivity index (χ3n) is 2.13. The fraction of sp³-hybridized carbons (Fsp3) is 0.273. The van der Waals surface area contributed by atoms with Crippen LogP contribution in [-0.2, 0) is 13.2 Å². The van der Waals surface area contributed by atoms with Crippen LogP contribution in [0.25, 0.3) is 0 Å². The van der Waals surface area contributed by atoms with E-state index in [4.69, 9.17) is 14.4 Å². The van der Waals surface area contributed by atoms with Gasteiger partial charge in [0.15, 0.2) is 18.2 Å². The molecule has 2 rings (SSSR count). The number of para-hydroxylation sites is 1. The summed E-state index contributed by atoms with van der Waals surface area (Å²) in [5.41, 5.74) is 0.380. The van der Waals surface area contributed by atoms with Gasteiger partial charge in [0.2, 0.25) is 11.7 Å². The number of aryl methyl sites for hydroxylation is 1. The van der Waals surface area contributed by atoms with E-state index in [1.807, 2.05) is 0 Å². The van der Waals surface area contributed by atoms with Crippen molar-refractivity contribution in [3.8, 4) is 5.75 Å². The average Bonchev–Trinajstić information content (AvgIpc) is 2.73. The van der Waals surface area contributed by atoms with Gasteiger partial charge in [-0.1, -0.05) is 17.3 Å². The van der Waals surface area contributed by atoms with Crippen LogP contribution in [0, 0.1) is 12.7 Å². The van der Waals surface area contributed by atoms with Crippen molar-refractivity contribution in [2.45, 2.75) is 20.1 Å². The molecule has 0 saturated carbocycles. The van der Waals surface area contributed by atoms with Crippen LogP contribution >= 0.6 is 0 Å². The second-order valence-corrected chi connectivity index (χ2v) is 3.40. The Kier molecular flexibility index (Phi) is 3.34. The van der Waals surface area contributed by atoms with Crippen molar-refractivity contribution in [3.63, 3.8) is 0 Å². The number of benzene rings is 1. The van der Waals surface area contributed by atoms with Gasteiger partial charge in [0.05, 0.1) is 6.61 Å². The highest BCUT2D eigenvalue weighted by atomic mass is 19.1. The third-order valence-corrected chi connectivity index (χ3v) is 2.13. The van der Waals surface area contributed by atoms with Crippen molar-refractivity contribution < 1.29 is 18.8 Å². The monoisotopic (exact) mass is 238 g/mol. The lowest BCUT2D eigenvalue weighted by Gasteiger charge is -2.08. The Morgan fingerprint density at radius 1 is 1.47 bits per heavy atom. The molecule has 90 valence electrons. The Balaban J connectivity index is 2.13. The van der Waals surface area contributed by atoms with E-state index in [0.29, 0.717) is 17.3 Å². The molecule has 0 aliphatic rings. The first kappa shape index (κ1) is 11.5. The highest BCUT2D eigenvalue weighted by Crippen LogP contribution is 2.23. The summed E-state index contributed by atoms with van der Waals surface area (Å²) in [6, 6.07) is 4.35. The lowest BCUT2D eigenvalue weighted by Crippen LogP contribution is -2.02. The number of aromatic nitrogens is 2. The number of hydrogen-bond donors (Lipinski definition) is 1. The van der Waals surface area contributed by atoms with Gasteiger partial charge >= 0.3 is 0 Å². The lowest BCUT2D eigenvalue weighted by atomic mass is 10.2. The Hall–Kier alpha value is -1.95. The van der Waals surface area contributed by atoms with E-state index in [1.165, 1.54) is 12.1 Å². The van der Waals surface area contributed by atoms with Gasteiger partial charge in [-0.2, -0.15) is 4.98 Å². The quantitative estimate of drug-likeness (QED) is 0.875. The molecular formula is C11H11FN2O3. The number of aliphatic hydroxyl groups is 1. The standard InChI is InChI=1S/C11H11FN2O3/c1-7-13-10(14-17-7)6-16-11-8(5-15)3-2-4-9(11)12/h2-4,15H,5-6H2,1H3. The largest absolute Gasteiger partial charge is 0.482 e. The van der Waals surface area contributed by atoms with Crippen LogP contribution in [0.4, 0.5) is 4.39 Å². The number of halogens is 1. The van der Waals surface area contributed by atoms with Gasteiger partial charge in [-0.3, -0.25) is 0 Å². The molecule has 0 aliphatic carbocycles. The molecular weight excluding hydrogens is 227 g/mol. The molecule has 0 radical (unpaired) electrons. The first-order valence-electron chi connectivity index (χ1n) is 5.01. The van der Waals surface area contributed by atoms with Crippen LogP contribution in [0.3, 0.4) is 0 Å². The molecule has 1 aromatic carbocycles. The summed E-state index contributed by atoms with van der Waals surface area (Å²) >= 11 is 0. The van der Waals surface area contributed by atoms with Gasteiger partial charge in [0.25, 0.3) is 0 Å².